The van der Waals surface area contributed by atoms with Crippen LogP contribution in [0.15, 0.2) is 41.3 Å². The molecule has 3 rings (SSSR count). The van der Waals surface area contributed by atoms with Crippen molar-refractivity contribution in [1.29, 1.82) is 0 Å². The fourth-order valence-corrected chi connectivity index (χ4v) is 4.15. The molecular formula is C26H25F3N2O4S. The molecule has 3 aromatic rings. The van der Waals surface area contributed by atoms with Crippen LogP contribution in [-0.2, 0) is 9.53 Å². The lowest BCUT2D eigenvalue weighted by Gasteiger charge is -2.18. The van der Waals surface area contributed by atoms with Gasteiger partial charge in [-0.15, -0.1) is 11.3 Å². The molecule has 0 bridgehead atoms. The highest BCUT2D eigenvalue weighted by Crippen LogP contribution is 2.33. The molecule has 1 unspecified atom stereocenters. The smallest absolute Gasteiger partial charge is 0.331 e. The Hall–Kier alpha value is -3.50. The van der Waals surface area contributed by atoms with Gasteiger partial charge in [0.1, 0.15) is 17.5 Å². The normalized spacial score (nSPS) is 12.4. The van der Waals surface area contributed by atoms with E-state index in [9.17, 15) is 18.4 Å². The number of amides is 1. The fraction of sp³-hybridized carbons (Fsp3) is 0.269. The zero-order chi connectivity index (χ0) is 26.4. The summed E-state index contributed by atoms with van der Waals surface area (Å²) in [6.45, 7) is 5.58. The van der Waals surface area contributed by atoms with Crippen LogP contribution in [0.1, 0.15) is 61.2 Å². The Bertz CT molecular complexity index is 1280. The van der Waals surface area contributed by atoms with E-state index in [1.807, 2.05) is 13.8 Å². The number of benzene rings is 2. The molecule has 0 saturated heterocycles. The van der Waals surface area contributed by atoms with Crippen molar-refractivity contribution < 1.29 is 32.6 Å². The topological polar surface area (TPSA) is 88.5 Å². The monoisotopic (exact) mass is 518 g/mol. The number of hydrogen-bond acceptors (Lipinski definition) is 5. The van der Waals surface area contributed by atoms with E-state index in [1.54, 1.807) is 23.6 Å². The van der Waals surface area contributed by atoms with Gasteiger partial charge in [-0.2, -0.15) is 0 Å². The third-order valence-corrected chi connectivity index (χ3v) is 6.07. The summed E-state index contributed by atoms with van der Waals surface area (Å²) in [6, 6.07) is 6.55. The van der Waals surface area contributed by atoms with Gasteiger partial charge in [-0.3, -0.25) is 10.1 Å². The SMILES string of the molecule is CCCOC(CC)c1cccc(-c2csc(NC(=O)c3cc(F)c(C=C(C)C(=O)O)c(F)c3)n2)c1F. The average Bonchev–Trinajstić information content (AvgIpc) is 3.30. The molecule has 0 fully saturated rings. The molecule has 1 heterocycles. The molecule has 1 atom stereocenters. The Kier molecular flexibility index (Phi) is 9.00. The maximum atomic E-state index is 15.3. The van der Waals surface area contributed by atoms with E-state index in [4.69, 9.17) is 9.84 Å². The first-order valence-electron chi connectivity index (χ1n) is 11.2. The number of carboxylic acid groups (broad SMARTS) is 1. The maximum Gasteiger partial charge on any atom is 0.331 e. The first-order valence-corrected chi connectivity index (χ1v) is 12.1. The van der Waals surface area contributed by atoms with Gasteiger partial charge in [0.25, 0.3) is 5.91 Å². The Balaban J connectivity index is 1.82. The highest BCUT2D eigenvalue weighted by molar-refractivity contribution is 7.14. The molecule has 10 heteroatoms. The summed E-state index contributed by atoms with van der Waals surface area (Å²) < 4.78 is 49.8. The van der Waals surface area contributed by atoms with Crippen molar-refractivity contribution in [2.45, 2.75) is 39.7 Å². The van der Waals surface area contributed by atoms with Crippen molar-refractivity contribution in [2.24, 2.45) is 0 Å². The minimum atomic E-state index is -1.32. The second kappa shape index (κ2) is 12.0. The predicted molar refractivity (Wildman–Crippen MR) is 132 cm³/mol. The first kappa shape index (κ1) is 27.1. The number of aliphatic carboxylic acids is 1. The van der Waals surface area contributed by atoms with Crippen LogP contribution in [0.25, 0.3) is 17.3 Å². The molecule has 0 aliphatic heterocycles. The van der Waals surface area contributed by atoms with Gasteiger partial charge in [-0.05, 0) is 44.0 Å². The van der Waals surface area contributed by atoms with E-state index >= 15 is 4.39 Å². The predicted octanol–water partition coefficient (Wildman–Crippen LogP) is 6.85. The Morgan fingerprint density at radius 1 is 1.19 bits per heavy atom. The number of carboxylic acids is 1. The van der Waals surface area contributed by atoms with Crippen molar-refractivity contribution >= 4 is 34.4 Å². The molecule has 0 radical (unpaired) electrons. The zero-order valence-corrected chi connectivity index (χ0v) is 20.7. The number of thiazole rings is 1. The first-order chi connectivity index (χ1) is 17.2. The summed E-state index contributed by atoms with van der Waals surface area (Å²) >= 11 is 1.03. The van der Waals surface area contributed by atoms with E-state index in [0.717, 1.165) is 36.0 Å². The van der Waals surface area contributed by atoms with E-state index in [-0.39, 0.29) is 21.8 Å². The number of hydrogen-bond donors (Lipinski definition) is 2. The third kappa shape index (κ3) is 6.19. The Morgan fingerprint density at radius 3 is 2.50 bits per heavy atom. The van der Waals surface area contributed by atoms with Crippen molar-refractivity contribution in [3.05, 3.63) is 75.4 Å². The molecule has 0 aliphatic rings. The highest BCUT2D eigenvalue weighted by Gasteiger charge is 2.20. The number of nitrogens with one attached hydrogen (secondary N) is 1. The number of aromatic nitrogens is 1. The van der Waals surface area contributed by atoms with Crippen LogP contribution in [-0.4, -0.2) is 28.6 Å². The maximum absolute atomic E-state index is 15.3. The Labute approximate surface area is 210 Å². The van der Waals surface area contributed by atoms with E-state index in [1.165, 1.54) is 6.92 Å². The van der Waals surface area contributed by atoms with Gasteiger partial charge < -0.3 is 9.84 Å². The lowest BCUT2D eigenvalue weighted by molar-refractivity contribution is -0.132. The standard InChI is InChI=1S/C26H25F3N2O4S/c1-4-9-35-22(5-2)17-8-6-7-16(23(17)29)21-13-36-26(30-21)31-24(32)15-11-19(27)18(20(28)12-15)10-14(3)25(33)34/h6-8,10-13,22H,4-5,9H2,1-3H3,(H,33,34)(H,30,31,32). The van der Waals surface area contributed by atoms with Gasteiger partial charge in [-0.25, -0.2) is 22.9 Å². The van der Waals surface area contributed by atoms with Crippen molar-refractivity contribution in [3.8, 4) is 11.3 Å². The lowest BCUT2D eigenvalue weighted by atomic mass is 10.0. The molecule has 0 spiro atoms. The molecule has 2 N–H and O–H groups in total. The van der Waals surface area contributed by atoms with E-state index < -0.39 is 41.0 Å². The molecule has 6 nitrogen and oxygen atoms in total. The second-order valence-electron chi connectivity index (χ2n) is 7.95. The minimum absolute atomic E-state index is 0.112. The third-order valence-electron chi connectivity index (χ3n) is 5.31. The number of rotatable bonds is 10. The van der Waals surface area contributed by atoms with Crippen LogP contribution in [0, 0.1) is 17.5 Å². The molecule has 190 valence electrons. The number of halogens is 3. The van der Waals surface area contributed by atoms with Gasteiger partial charge >= 0.3 is 5.97 Å². The van der Waals surface area contributed by atoms with Crippen LogP contribution in [0.4, 0.5) is 18.3 Å². The number of anilines is 1. The fourth-order valence-electron chi connectivity index (χ4n) is 3.44. The largest absolute Gasteiger partial charge is 0.478 e. The van der Waals surface area contributed by atoms with Crippen LogP contribution in [0.5, 0.6) is 0 Å². The summed E-state index contributed by atoms with van der Waals surface area (Å²) in [5.74, 6) is -4.79. The van der Waals surface area contributed by atoms with Gasteiger partial charge in [0, 0.05) is 39.8 Å². The van der Waals surface area contributed by atoms with Crippen molar-refractivity contribution in [1.82, 2.24) is 4.98 Å². The molecule has 1 amide bonds. The summed E-state index contributed by atoms with van der Waals surface area (Å²) in [7, 11) is 0. The molecule has 1 aromatic heterocycles. The summed E-state index contributed by atoms with van der Waals surface area (Å²) in [4.78, 5) is 27.8. The molecule has 0 saturated carbocycles. The second-order valence-corrected chi connectivity index (χ2v) is 8.81. The molecule has 36 heavy (non-hydrogen) atoms. The number of carbonyl (C=O) groups excluding carboxylic acids is 1. The summed E-state index contributed by atoms with van der Waals surface area (Å²) in [5, 5.41) is 13.0. The summed E-state index contributed by atoms with van der Waals surface area (Å²) in [5.41, 5.74) is -0.198. The van der Waals surface area contributed by atoms with E-state index in [2.05, 4.69) is 10.3 Å². The van der Waals surface area contributed by atoms with Gasteiger partial charge in [0.2, 0.25) is 0 Å². The minimum Gasteiger partial charge on any atom is -0.478 e. The molecular weight excluding hydrogens is 493 g/mol. The van der Waals surface area contributed by atoms with Crippen LogP contribution < -0.4 is 5.32 Å². The highest BCUT2D eigenvalue weighted by atomic mass is 32.1. The van der Waals surface area contributed by atoms with Crippen LogP contribution >= 0.6 is 11.3 Å². The van der Waals surface area contributed by atoms with Crippen molar-refractivity contribution in [2.75, 3.05) is 11.9 Å². The zero-order valence-electron chi connectivity index (χ0n) is 19.9. The van der Waals surface area contributed by atoms with Crippen molar-refractivity contribution in [3.63, 3.8) is 0 Å². The number of nitrogens with zero attached hydrogens (tertiary/aromatic N) is 1. The average molecular weight is 519 g/mol. The number of carbonyl (C=O) groups is 2. The lowest BCUT2D eigenvalue weighted by Crippen LogP contribution is -2.13. The van der Waals surface area contributed by atoms with Gasteiger partial charge in [0.15, 0.2) is 5.13 Å². The number of ether oxygens (including phenoxy) is 1. The molecule has 0 aliphatic carbocycles. The summed E-state index contributed by atoms with van der Waals surface area (Å²) in [6.07, 6.45) is 1.85. The Morgan fingerprint density at radius 2 is 1.89 bits per heavy atom. The quantitative estimate of drug-likeness (QED) is 0.287. The van der Waals surface area contributed by atoms with Gasteiger partial charge in [-0.1, -0.05) is 26.0 Å². The molecule has 2 aromatic carbocycles. The van der Waals surface area contributed by atoms with Crippen LogP contribution in [0.3, 0.4) is 0 Å². The van der Waals surface area contributed by atoms with Gasteiger partial charge in [0.05, 0.1) is 11.8 Å². The van der Waals surface area contributed by atoms with Crippen LogP contribution in [0.2, 0.25) is 0 Å². The van der Waals surface area contributed by atoms with E-state index in [0.29, 0.717) is 24.3 Å².